The van der Waals surface area contributed by atoms with E-state index in [1.807, 2.05) is 62.4 Å². The normalized spacial score (nSPS) is 12.0. The average Bonchev–Trinajstić information content (AvgIpc) is 3.22. The van der Waals surface area contributed by atoms with Crippen LogP contribution in [0.1, 0.15) is 42.9 Å². The first-order valence-electron chi connectivity index (χ1n) is 10.9. The Morgan fingerprint density at radius 1 is 1.06 bits per heavy atom. The molecule has 0 saturated carbocycles. The van der Waals surface area contributed by atoms with Crippen LogP contribution in [0, 0.1) is 13.8 Å². The highest BCUT2D eigenvalue weighted by Gasteiger charge is 2.12. The molecule has 4 rings (SSSR count). The molecule has 1 amide bonds. The molecule has 0 radical (unpaired) electrons. The van der Waals surface area contributed by atoms with Gasteiger partial charge in [0.05, 0.1) is 0 Å². The van der Waals surface area contributed by atoms with E-state index in [9.17, 15) is 4.79 Å². The number of carbonyl (C=O) groups is 1. The third-order valence-electron chi connectivity index (χ3n) is 5.70. The smallest absolute Gasteiger partial charge is 0.262 e. The molecular weight excluding hydrogens is 400 g/mol. The molecule has 4 aromatic rings. The maximum Gasteiger partial charge on any atom is 0.262 e. The van der Waals surface area contributed by atoms with E-state index in [4.69, 9.17) is 9.15 Å². The largest absolute Gasteiger partial charge is 0.483 e. The Bertz CT molecular complexity index is 1240. The molecule has 0 aliphatic heterocycles. The number of aromatic nitrogens is 1. The Morgan fingerprint density at radius 2 is 1.84 bits per heavy atom. The SMILES string of the molecule is CC[C@@H](C)c1ccc2oc(-c3ccc(NC(=O)COc4ccc(C)cc4C)cc3)nc2c1. The van der Waals surface area contributed by atoms with Crippen LogP contribution in [0.15, 0.2) is 65.1 Å². The van der Waals surface area contributed by atoms with Crippen molar-refractivity contribution in [1.29, 1.82) is 0 Å². The van der Waals surface area contributed by atoms with E-state index in [0.29, 0.717) is 23.2 Å². The first kappa shape index (κ1) is 21.6. The monoisotopic (exact) mass is 428 g/mol. The van der Waals surface area contributed by atoms with Gasteiger partial charge in [-0.15, -0.1) is 0 Å². The number of hydrogen-bond donors (Lipinski definition) is 1. The second-order valence-electron chi connectivity index (χ2n) is 8.24. The van der Waals surface area contributed by atoms with Crippen LogP contribution < -0.4 is 10.1 Å². The van der Waals surface area contributed by atoms with Crippen LogP contribution in [0.3, 0.4) is 0 Å². The second kappa shape index (κ2) is 9.27. The number of oxazole rings is 1. The minimum Gasteiger partial charge on any atom is -0.483 e. The third kappa shape index (κ3) is 4.83. The van der Waals surface area contributed by atoms with Crippen molar-refractivity contribution in [3.63, 3.8) is 0 Å². The fraction of sp³-hybridized carbons (Fsp3) is 0.259. The highest BCUT2D eigenvalue weighted by atomic mass is 16.5. The minimum atomic E-state index is -0.211. The summed E-state index contributed by atoms with van der Waals surface area (Å²) in [6, 6.07) is 19.5. The minimum absolute atomic E-state index is 0.0463. The Labute approximate surface area is 188 Å². The number of nitrogens with one attached hydrogen (secondary N) is 1. The van der Waals surface area contributed by atoms with Crippen LogP contribution >= 0.6 is 0 Å². The van der Waals surface area contributed by atoms with Crippen molar-refractivity contribution in [3.8, 4) is 17.2 Å². The predicted octanol–water partition coefficient (Wildman–Crippen LogP) is 6.64. The van der Waals surface area contributed by atoms with Crippen LogP contribution in [0.2, 0.25) is 0 Å². The summed E-state index contributed by atoms with van der Waals surface area (Å²) in [5, 5.41) is 2.86. The lowest BCUT2D eigenvalue weighted by atomic mass is 9.98. The Kier molecular flexibility index (Phi) is 6.26. The van der Waals surface area contributed by atoms with Crippen LogP contribution in [-0.2, 0) is 4.79 Å². The number of ether oxygens (including phenoxy) is 1. The number of carbonyl (C=O) groups excluding carboxylic acids is 1. The van der Waals surface area contributed by atoms with Gasteiger partial charge in [0.15, 0.2) is 12.2 Å². The van der Waals surface area contributed by atoms with Gasteiger partial charge in [-0.25, -0.2) is 4.98 Å². The zero-order valence-corrected chi connectivity index (χ0v) is 18.9. The van der Waals surface area contributed by atoms with Gasteiger partial charge in [-0.05, 0) is 79.8 Å². The van der Waals surface area contributed by atoms with Gasteiger partial charge in [-0.1, -0.05) is 37.6 Å². The molecule has 0 bridgehead atoms. The molecule has 0 aliphatic carbocycles. The van der Waals surface area contributed by atoms with E-state index >= 15 is 0 Å². The summed E-state index contributed by atoms with van der Waals surface area (Å²) in [5.74, 6) is 1.56. The second-order valence-corrected chi connectivity index (χ2v) is 8.24. The highest BCUT2D eigenvalue weighted by molar-refractivity contribution is 5.92. The van der Waals surface area contributed by atoms with E-state index in [1.165, 1.54) is 5.56 Å². The zero-order chi connectivity index (χ0) is 22.7. The number of aryl methyl sites for hydroxylation is 2. The summed E-state index contributed by atoms with van der Waals surface area (Å²) < 4.78 is 11.6. The maximum atomic E-state index is 12.3. The fourth-order valence-electron chi connectivity index (χ4n) is 3.61. The summed E-state index contributed by atoms with van der Waals surface area (Å²) in [4.78, 5) is 16.9. The average molecular weight is 429 g/mol. The van der Waals surface area contributed by atoms with Gasteiger partial charge >= 0.3 is 0 Å². The van der Waals surface area contributed by atoms with Crippen molar-refractivity contribution < 1.29 is 13.9 Å². The molecular formula is C27H28N2O3. The molecule has 1 N–H and O–H groups in total. The van der Waals surface area contributed by atoms with Gasteiger partial charge in [0.2, 0.25) is 5.89 Å². The van der Waals surface area contributed by atoms with E-state index in [-0.39, 0.29) is 12.5 Å². The fourth-order valence-corrected chi connectivity index (χ4v) is 3.61. The number of nitrogens with zero attached hydrogens (tertiary/aromatic N) is 1. The molecule has 1 heterocycles. The Morgan fingerprint density at radius 3 is 2.56 bits per heavy atom. The van der Waals surface area contributed by atoms with Crippen LogP contribution in [-0.4, -0.2) is 17.5 Å². The van der Waals surface area contributed by atoms with Crippen molar-refractivity contribution in [2.45, 2.75) is 40.0 Å². The third-order valence-corrected chi connectivity index (χ3v) is 5.70. The predicted molar refractivity (Wildman–Crippen MR) is 128 cm³/mol. The molecule has 0 aliphatic rings. The zero-order valence-electron chi connectivity index (χ0n) is 18.9. The summed E-state index contributed by atoms with van der Waals surface area (Å²) >= 11 is 0. The highest BCUT2D eigenvalue weighted by Crippen LogP contribution is 2.28. The topological polar surface area (TPSA) is 64.4 Å². The first-order valence-corrected chi connectivity index (χ1v) is 10.9. The number of benzene rings is 3. The van der Waals surface area contributed by atoms with Crippen molar-refractivity contribution in [1.82, 2.24) is 4.98 Å². The van der Waals surface area contributed by atoms with Gasteiger partial charge in [0.1, 0.15) is 11.3 Å². The van der Waals surface area contributed by atoms with Crippen molar-refractivity contribution in [2.75, 3.05) is 11.9 Å². The summed E-state index contributed by atoms with van der Waals surface area (Å²) in [6.45, 7) is 8.34. The molecule has 32 heavy (non-hydrogen) atoms. The van der Waals surface area contributed by atoms with Crippen LogP contribution in [0.5, 0.6) is 5.75 Å². The molecule has 0 saturated heterocycles. The number of fused-ring (bicyclic) bond motifs is 1. The molecule has 1 atom stereocenters. The van der Waals surface area contributed by atoms with Crippen molar-refractivity contribution >= 4 is 22.7 Å². The summed E-state index contributed by atoms with van der Waals surface area (Å²) in [7, 11) is 0. The molecule has 5 nitrogen and oxygen atoms in total. The summed E-state index contributed by atoms with van der Waals surface area (Å²) in [5.41, 5.74) is 6.62. The Balaban J connectivity index is 1.41. The van der Waals surface area contributed by atoms with Gasteiger partial charge in [-0.3, -0.25) is 4.79 Å². The van der Waals surface area contributed by atoms with Gasteiger partial charge in [0.25, 0.3) is 5.91 Å². The lowest BCUT2D eigenvalue weighted by Crippen LogP contribution is -2.20. The molecule has 164 valence electrons. The molecule has 1 aromatic heterocycles. The van der Waals surface area contributed by atoms with Gasteiger partial charge in [-0.2, -0.15) is 0 Å². The van der Waals surface area contributed by atoms with Crippen LogP contribution in [0.25, 0.3) is 22.6 Å². The molecule has 5 heteroatoms. The molecule has 0 spiro atoms. The molecule has 0 unspecified atom stereocenters. The first-order chi connectivity index (χ1) is 15.4. The number of anilines is 1. The molecule has 0 fully saturated rings. The molecule has 3 aromatic carbocycles. The lowest BCUT2D eigenvalue weighted by molar-refractivity contribution is -0.118. The Hall–Kier alpha value is -3.60. The van der Waals surface area contributed by atoms with Gasteiger partial charge < -0.3 is 14.5 Å². The van der Waals surface area contributed by atoms with Crippen molar-refractivity contribution in [3.05, 3.63) is 77.4 Å². The van der Waals surface area contributed by atoms with Gasteiger partial charge in [0, 0.05) is 11.3 Å². The maximum absolute atomic E-state index is 12.3. The van der Waals surface area contributed by atoms with E-state index in [0.717, 1.165) is 34.2 Å². The standard InChI is InChI=1S/C27H28N2O3/c1-5-18(3)21-9-13-25-23(15-21)29-27(32-25)20-7-10-22(11-8-20)28-26(30)16-31-24-12-6-17(2)14-19(24)4/h6-15,18H,5,16H2,1-4H3,(H,28,30)/t18-/m1/s1. The lowest BCUT2D eigenvalue weighted by Gasteiger charge is -2.10. The number of amides is 1. The quantitative estimate of drug-likeness (QED) is 0.358. The van der Waals surface area contributed by atoms with E-state index in [1.54, 1.807) is 0 Å². The van der Waals surface area contributed by atoms with E-state index < -0.39 is 0 Å². The number of hydrogen-bond acceptors (Lipinski definition) is 4. The summed E-state index contributed by atoms with van der Waals surface area (Å²) in [6.07, 6.45) is 1.08. The number of rotatable bonds is 7. The van der Waals surface area contributed by atoms with Crippen LogP contribution in [0.4, 0.5) is 5.69 Å². The van der Waals surface area contributed by atoms with E-state index in [2.05, 4.69) is 36.3 Å². The van der Waals surface area contributed by atoms with Crippen molar-refractivity contribution in [2.24, 2.45) is 0 Å².